The second-order valence-corrected chi connectivity index (χ2v) is 12.8. The largest absolute Gasteiger partial charge is 0.348 e. The highest BCUT2D eigenvalue weighted by Gasteiger charge is 2.62. The van der Waals surface area contributed by atoms with Crippen molar-refractivity contribution in [2.24, 2.45) is 0 Å². The summed E-state index contributed by atoms with van der Waals surface area (Å²) in [5.41, 5.74) is 1.89. The van der Waals surface area contributed by atoms with Crippen LogP contribution < -0.4 is 5.30 Å². The summed E-state index contributed by atoms with van der Waals surface area (Å²) in [6.45, 7) is 9.95. The molecule has 7 heteroatoms. The van der Waals surface area contributed by atoms with Crippen molar-refractivity contribution in [1.82, 2.24) is 0 Å². The van der Waals surface area contributed by atoms with E-state index >= 15 is 0 Å². The first kappa shape index (κ1) is 23.2. The number of rotatable bonds is 4. The minimum Gasteiger partial charge on any atom is -0.348 e. The van der Waals surface area contributed by atoms with Crippen molar-refractivity contribution in [1.29, 1.82) is 0 Å². The summed E-state index contributed by atoms with van der Waals surface area (Å²) in [4.78, 5) is 0. The van der Waals surface area contributed by atoms with Crippen LogP contribution in [-0.4, -0.2) is 48.3 Å². The Morgan fingerprint density at radius 2 is 1.52 bits per heavy atom. The predicted molar refractivity (Wildman–Crippen MR) is 126 cm³/mol. The van der Waals surface area contributed by atoms with Crippen molar-refractivity contribution < 1.29 is 28.0 Å². The maximum absolute atomic E-state index is 14.9. The van der Waals surface area contributed by atoms with Gasteiger partial charge >= 0.3 is 0 Å². The highest BCUT2D eigenvalue weighted by molar-refractivity contribution is 7.67. The Kier molecular flexibility index (Phi) is 5.84. The normalized spacial score (nSPS) is 37.1. The number of ether oxygens (including phenoxy) is 4. The van der Waals surface area contributed by atoms with E-state index in [0.29, 0.717) is 18.3 Å². The molecule has 2 aromatic rings. The molecule has 2 aromatic carbocycles. The number of hydrogen-bond acceptors (Lipinski definition) is 6. The summed E-state index contributed by atoms with van der Waals surface area (Å²) in [6, 6.07) is 17.8. The van der Waals surface area contributed by atoms with Crippen molar-refractivity contribution >= 4 is 12.7 Å². The molecule has 3 fully saturated rings. The highest BCUT2D eigenvalue weighted by atomic mass is 31.2. The van der Waals surface area contributed by atoms with Crippen LogP contribution in [-0.2, 0) is 34.5 Å². The van der Waals surface area contributed by atoms with Gasteiger partial charge in [-0.15, -0.1) is 0 Å². The molecule has 6 atom stereocenters. The molecule has 0 bridgehead atoms. The minimum atomic E-state index is -3.37. The third kappa shape index (κ3) is 4.45. The van der Waals surface area contributed by atoms with Gasteiger partial charge in [0.1, 0.15) is 24.4 Å². The molecular formula is C26H33O6P. The molecule has 0 unspecified atom stereocenters. The van der Waals surface area contributed by atoms with Crippen LogP contribution in [0, 0.1) is 6.92 Å². The lowest BCUT2D eigenvalue weighted by Gasteiger charge is -2.44. The summed E-state index contributed by atoms with van der Waals surface area (Å²) in [5.74, 6) is -1.54. The first-order valence-corrected chi connectivity index (χ1v) is 13.3. The van der Waals surface area contributed by atoms with E-state index in [0.717, 1.165) is 5.56 Å². The molecule has 0 saturated carbocycles. The Morgan fingerprint density at radius 3 is 2.15 bits per heavy atom. The van der Waals surface area contributed by atoms with Gasteiger partial charge in [0.25, 0.3) is 0 Å². The van der Waals surface area contributed by atoms with Crippen LogP contribution >= 0.6 is 7.37 Å². The second kappa shape index (κ2) is 8.30. The van der Waals surface area contributed by atoms with E-state index in [1.54, 1.807) is 0 Å². The maximum atomic E-state index is 14.9. The smallest absolute Gasteiger partial charge is 0.238 e. The Hall–Kier alpha value is -1.53. The summed E-state index contributed by atoms with van der Waals surface area (Å²) in [5, 5.41) is 0.692. The second-order valence-electron chi connectivity index (χ2n) is 10.2. The monoisotopic (exact) mass is 472 g/mol. The molecule has 5 rings (SSSR count). The van der Waals surface area contributed by atoms with Crippen molar-refractivity contribution in [3.63, 3.8) is 0 Å². The first-order valence-electron chi connectivity index (χ1n) is 11.6. The average molecular weight is 473 g/mol. The van der Waals surface area contributed by atoms with E-state index in [1.165, 1.54) is 5.56 Å². The summed E-state index contributed by atoms with van der Waals surface area (Å²) >= 11 is 0. The molecule has 0 N–H and O–H groups in total. The molecule has 0 amide bonds. The van der Waals surface area contributed by atoms with Gasteiger partial charge in [0.05, 0.1) is 12.3 Å². The topological polar surface area (TPSA) is 63.2 Å². The van der Waals surface area contributed by atoms with Gasteiger partial charge in [-0.05, 0) is 58.7 Å². The van der Waals surface area contributed by atoms with Gasteiger partial charge in [-0.25, -0.2) is 0 Å². The molecule has 3 aliphatic rings. The van der Waals surface area contributed by atoms with Crippen molar-refractivity contribution in [2.75, 3.05) is 6.61 Å². The van der Waals surface area contributed by atoms with E-state index in [-0.39, 0.29) is 5.66 Å². The summed E-state index contributed by atoms with van der Waals surface area (Å²) in [7, 11) is -3.37. The lowest BCUT2D eigenvalue weighted by atomic mass is 9.96. The molecule has 0 aliphatic carbocycles. The van der Waals surface area contributed by atoms with E-state index in [1.807, 2.05) is 58.0 Å². The molecular weight excluding hydrogens is 439 g/mol. The van der Waals surface area contributed by atoms with Crippen LogP contribution in [0.2, 0.25) is 0 Å². The van der Waals surface area contributed by atoms with Crippen LogP contribution in [0.5, 0.6) is 0 Å². The van der Waals surface area contributed by atoms with E-state index in [9.17, 15) is 4.57 Å². The molecule has 0 spiro atoms. The quantitative estimate of drug-likeness (QED) is 0.607. The zero-order valence-corrected chi connectivity index (χ0v) is 20.8. The van der Waals surface area contributed by atoms with Gasteiger partial charge in [0, 0.05) is 5.30 Å². The molecule has 6 nitrogen and oxygen atoms in total. The zero-order valence-electron chi connectivity index (χ0n) is 19.9. The van der Waals surface area contributed by atoms with Crippen molar-refractivity contribution in [2.45, 2.75) is 82.7 Å². The van der Waals surface area contributed by atoms with E-state index in [4.69, 9.17) is 23.5 Å². The van der Waals surface area contributed by atoms with Crippen LogP contribution in [0.25, 0.3) is 0 Å². The fourth-order valence-electron chi connectivity index (χ4n) is 5.13. The van der Waals surface area contributed by atoms with E-state index < -0.39 is 43.4 Å². The van der Waals surface area contributed by atoms with Crippen LogP contribution in [0.1, 0.15) is 38.8 Å². The summed E-state index contributed by atoms with van der Waals surface area (Å²) < 4.78 is 46.3. The molecule has 3 aliphatic heterocycles. The van der Waals surface area contributed by atoms with E-state index in [2.05, 4.69) is 31.2 Å². The predicted octanol–water partition coefficient (Wildman–Crippen LogP) is 4.58. The Balaban J connectivity index is 1.57. The van der Waals surface area contributed by atoms with Crippen LogP contribution in [0.15, 0.2) is 54.6 Å². The van der Waals surface area contributed by atoms with Crippen molar-refractivity contribution in [3.8, 4) is 0 Å². The number of hydrogen-bond donors (Lipinski definition) is 0. The van der Waals surface area contributed by atoms with Gasteiger partial charge in [0.2, 0.25) is 7.37 Å². The fraction of sp³-hybridized carbons (Fsp3) is 0.538. The zero-order chi connectivity index (χ0) is 23.4. The third-order valence-corrected chi connectivity index (χ3v) is 9.58. The standard InChI is InChI=1S/C26H33O6P/c1-17-11-13-18(14-12-17)15-21-23-24(31-26(4,5)30-23)22(20-16-28-25(2,3)29-20)32-33(21,27)19-9-7-6-8-10-19/h6-14,20-24H,15-16H2,1-5H3/t20-,21+,22-,23-,24+,33+/m1/s1. The third-order valence-electron chi connectivity index (χ3n) is 6.66. The SMILES string of the molecule is Cc1ccc(C[C@H]2[C@H]3OC(C)(C)O[C@H]3[C@@H]([C@H]3COC(C)(C)O3)O[P@@]2(=O)c2ccccc2)cc1. The number of benzene rings is 2. The van der Waals surface area contributed by atoms with Crippen LogP contribution in [0.3, 0.4) is 0 Å². The molecule has 33 heavy (non-hydrogen) atoms. The molecule has 3 saturated heterocycles. The minimum absolute atomic E-state index is 0.349. The van der Waals surface area contributed by atoms with Crippen LogP contribution in [0.4, 0.5) is 0 Å². The lowest BCUT2D eigenvalue weighted by molar-refractivity contribution is -0.174. The average Bonchev–Trinajstić information content (AvgIpc) is 3.30. The molecule has 178 valence electrons. The van der Waals surface area contributed by atoms with Gasteiger partial charge in [0.15, 0.2) is 11.6 Å². The Labute approximate surface area is 196 Å². The molecule has 3 heterocycles. The van der Waals surface area contributed by atoms with Gasteiger partial charge in [-0.1, -0.05) is 48.0 Å². The maximum Gasteiger partial charge on any atom is 0.238 e. The van der Waals surface area contributed by atoms with Gasteiger partial charge < -0.3 is 23.5 Å². The highest BCUT2D eigenvalue weighted by Crippen LogP contribution is 2.61. The first-order chi connectivity index (χ1) is 15.6. The molecule has 0 radical (unpaired) electrons. The lowest BCUT2D eigenvalue weighted by Crippen LogP contribution is -2.55. The number of aryl methyl sites for hydroxylation is 1. The fourth-order valence-corrected chi connectivity index (χ4v) is 8.06. The summed E-state index contributed by atoms with van der Waals surface area (Å²) in [6.07, 6.45) is -1.23. The Morgan fingerprint density at radius 1 is 0.848 bits per heavy atom. The van der Waals surface area contributed by atoms with Crippen molar-refractivity contribution in [3.05, 3.63) is 65.7 Å². The number of fused-ring (bicyclic) bond motifs is 1. The molecule has 0 aromatic heterocycles. The van der Waals surface area contributed by atoms with Gasteiger partial charge in [-0.3, -0.25) is 4.57 Å². The van der Waals surface area contributed by atoms with Gasteiger partial charge in [-0.2, -0.15) is 0 Å². The Bertz CT molecular complexity index is 1030.